The van der Waals surface area contributed by atoms with Crippen LogP contribution < -0.4 is 9.62 Å². The van der Waals surface area contributed by atoms with Crippen LogP contribution in [-0.4, -0.2) is 56.6 Å². The van der Waals surface area contributed by atoms with Gasteiger partial charge in [0.25, 0.3) is 0 Å². The van der Waals surface area contributed by atoms with Crippen LogP contribution in [0.25, 0.3) is 0 Å². The fraction of sp³-hybridized carbons (Fsp3) is 0.500. The minimum Gasteiger partial charge on any atom is -0.352 e. The van der Waals surface area contributed by atoms with E-state index in [2.05, 4.69) is 5.32 Å². The number of nitrogens with zero attached hydrogens (tertiary/aromatic N) is 2. The SMILES string of the molecule is CC[C@H](C)NC(=O)[C@@H](C)N(CCc1ccccc1)C(=O)CCCN(c1cc(C)ccc1C)S(C)(=O)=O. The first-order valence-electron chi connectivity index (χ1n) is 12.6. The molecule has 0 saturated carbocycles. The molecular formula is C28H41N3O4S. The van der Waals surface area contributed by atoms with Crippen LogP contribution in [0.3, 0.4) is 0 Å². The second-order valence-electron chi connectivity index (χ2n) is 9.55. The van der Waals surface area contributed by atoms with Crippen molar-refractivity contribution in [3.8, 4) is 0 Å². The van der Waals surface area contributed by atoms with Crippen molar-refractivity contribution in [1.29, 1.82) is 0 Å². The molecule has 1 N–H and O–H groups in total. The molecule has 8 heteroatoms. The number of sulfonamides is 1. The second kappa shape index (κ2) is 13.4. The van der Waals surface area contributed by atoms with Crippen molar-refractivity contribution in [1.82, 2.24) is 10.2 Å². The lowest BCUT2D eigenvalue weighted by Gasteiger charge is -2.30. The van der Waals surface area contributed by atoms with Gasteiger partial charge in [0.05, 0.1) is 11.9 Å². The molecule has 0 fully saturated rings. The molecule has 2 atom stereocenters. The Morgan fingerprint density at radius 2 is 1.67 bits per heavy atom. The maximum atomic E-state index is 13.3. The van der Waals surface area contributed by atoms with Gasteiger partial charge >= 0.3 is 0 Å². The van der Waals surface area contributed by atoms with Crippen molar-refractivity contribution in [3.05, 3.63) is 65.2 Å². The molecule has 0 aromatic heterocycles. The van der Waals surface area contributed by atoms with Crippen LogP contribution in [0.2, 0.25) is 0 Å². The Morgan fingerprint density at radius 3 is 2.28 bits per heavy atom. The van der Waals surface area contributed by atoms with E-state index >= 15 is 0 Å². The number of hydrogen-bond donors (Lipinski definition) is 1. The molecule has 0 aliphatic carbocycles. The number of hydrogen-bond acceptors (Lipinski definition) is 4. The number of rotatable bonds is 13. The predicted octanol–water partition coefficient (Wildman–Crippen LogP) is 4.22. The largest absolute Gasteiger partial charge is 0.352 e. The molecule has 0 aliphatic rings. The Kier molecular flexibility index (Phi) is 11.0. The summed E-state index contributed by atoms with van der Waals surface area (Å²) in [6, 6.07) is 14.9. The first-order chi connectivity index (χ1) is 16.9. The molecule has 2 aromatic carbocycles. The summed E-state index contributed by atoms with van der Waals surface area (Å²) in [5.74, 6) is -0.342. The summed E-state index contributed by atoms with van der Waals surface area (Å²) in [4.78, 5) is 27.8. The molecular weight excluding hydrogens is 474 g/mol. The number of nitrogens with one attached hydrogen (secondary N) is 1. The Balaban J connectivity index is 2.15. The highest BCUT2D eigenvalue weighted by molar-refractivity contribution is 7.92. The zero-order chi connectivity index (χ0) is 26.9. The van der Waals surface area contributed by atoms with Crippen LogP contribution in [0.15, 0.2) is 48.5 Å². The van der Waals surface area contributed by atoms with Crippen LogP contribution in [0, 0.1) is 13.8 Å². The molecule has 0 aliphatic heterocycles. The highest BCUT2D eigenvalue weighted by atomic mass is 32.2. The van der Waals surface area contributed by atoms with E-state index in [4.69, 9.17) is 0 Å². The van der Waals surface area contributed by atoms with Gasteiger partial charge in [-0.1, -0.05) is 49.4 Å². The van der Waals surface area contributed by atoms with Gasteiger partial charge in [0.2, 0.25) is 21.8 Å². The molecule has 0 unspecified atom stereocenters. The van der Waals surface area contributed by atoms with Crippen LogP contribution >= 0.6 is 0 Å². The summed E-state index contributed by atoms with van der Waals surface area (Å²) in [6.07, 6.45) is 3.11. The lowest BCUT2D eigenvalue weighted by Crippen LogP contribution is -2.50. The summed E-state index contributed by atoms with van der Waals surface area (Å²) in [6.45, 7) is 10.1. The van der Waals surface area contributed by atoms with E-state index < -0.39 is 16.1 Å². The lowest BCUT2D eigenvalue weighted by molar-refractivity contribution is -0.140. The third-order valence-electron chi connectivity index (χ3n) is 6.44. The summed E-state index contributed by atoms with van der Waals surface area (Å²) >= 11 is 0. The zero-order valence-corrected chi connectivity index (χ0v) is 23.3. The zero-order valence-electron chi connectivity index (χ0n) is 22.5. The molecule has 0 saturated heterocycles. The fourth-order valence-electron chi connectivity index (χ4n) is 4.01. The standard InChI is InChI=1S/C28H41N3O4S/c1-7-23(4)29-28(33)24(5)30(19-17-25-12-9-8-10-13-25)27(32)14-11-18-31(36(6,34)35)26-20-21(2)15-16-22(26)3/h8-10,12-13,15-16,20,23-24H,7,11,14,17-19H2,1-6H3,(H,29,33)/t23-,24+/m0/s1. The van der Waals surface area contributed by atoms with Gasteiger partial charge in [-0.3, -0.25) is 13.9 Å². The van der Waals surface area contributed by atoms with Crippen LogP contribution in [0.5, 0.6) is 0 Å². The molecule has 2 aromatic rings. The molecule has 7 nitrogen and oxygen atoms in total. The highest BCUT2D eigenvalue weighted by Crippen LogP contribution is 2.24. The number of benzene rings is 2. The average molecular weight is 516 g/mol. The maximum Gasteiger partial charge on any atom is 0.242 e. The monoisotopic (exact) mass is 515 g/mol. The first kappa shape index (κ1) is 29.4. The van der Waals surface area contributed by atoms with Crippen molar-refractivity contribution in [3.63, 3.8) is 0 Å². The number of aryl methyl sites for hydroxylation is 2. The molecule has 0 heterocycles. The van der Waals surface area contributed by atoms with Crippen LogP contribution in [-0.2, 0) is 26.0 Å². The van der Waals surface area contributed by atoms with Crippen LogP contribution in [0.4, 0.5) is 5.69 Å². The quantitative estimate of drug-likeness (QED) is 0.433. The van der Waals surface area contributed by atoms with Gasteiger partial charge in [0, 0.05) is 25.6 Å². The van der Waals surface area contributed by atoms with Gasteiger partial charge in [-0.15, -0.1) is 0 Å². The first-order valence-corrected chi connectivity index (χ1v) is 14.5. The molecule has 0 radical (unpaired) electrons. The molecule has 0 bridgehead atoms. The Hall–Kier alpha value is -2.87. The van der Waals surface area contributed by atoms with E-state index in [-0.39, 0.29) is 30.8 Å². The van der Waals surface area contributed by atoms with Crippen molar-refractivity contribution >= 4 is 27.5 Å². The summed E-state index contributed by atoms with van der Waals surface area (Å²) < 4.78 is 26.5. The molecule has 36 heavy (non-hydrogen) atoms. The molecule has 2 amide bonds. The van der Waals surface area contributed by atoms with E-state index in [0.29, 0.717) is 25.1 Å². The summed E-state index contributed by atoms with van der Waals surface area (Å²) in [5, 5.41) is 2.97. The number of amides is 2. The van der Waals surface area contributed by atoms with Gasteiger partial charge in [-0.05, 0) is 69.7 Å². The fourth-order valence-corrected chi connectivity index (χ4v) is 5.02. The average Bonchev–Trinajstić information content (AvgIpc) is 2.83. The van der Waals surface area contributed by atoms with E-state index in [1.807, 2.05) is 76.2 Å². The second-order valence-corrected chi connectivity index (χ2v) is 11.5. The lowest BCUT2D eigenvalue weighted by atomic mass is 10.1. The Bertz CT molecular complexity index is 1120. The third kappa shape index (κ3) is 8.66. The molecule has 0 spiro atoms. The number of carbonyl (C=O) groups excluding carboxylic acids is 2. The van der Waals surface area contributed by atoms with Gasteiger partial charge in [-0.2, -0.15) is 0 Å². The van der Waals surface area contributed by atoms with Gasteiger partial charge < -0.3 is 10.2 Å². The van der Waals surface area contributed by atoms with Gasteiger partial charge in [0.15, 0.2) is 0 Å². The minimum absolute atomic E-state index is 0.0203. The molecule has 198 valence electrons. The van der Waals surface area contributed by atoms with E-state index in [9.17, 15) is 18.0 Å². The minimum atomic E-state index is -3.52. The van der Waals surface area contributed by atoms with Crippen molar-refractivity contribution in [2.75, 3.05) is 23.7 Å². The number of carbonyl (C=O) groups is 2. The topological polar surface area (TPSA) is 86.8 Å². The third-order valence-corrected chi connectivity index (χ3v) is 7.62. The summed E-state index contributed by atoms with van der Waals surface area (Å²) in [5.41, 5.74) is 3.54. The summed E-state index contributed by atoms with van der Waals surface area (Å²) in [7, 11) is -3.52. The van der Waals surface area contributed by atoms with E-state index in [0.717, 1.165) is 23.1 Å². The van der Waals surface area contributed by atoms with E-state index in [1.54, 1.807) is 11.8 Å². The maximum absolute atomic E-state index is 13.3. The van der Waals surface area contributed by atoms with Crippen molar-refractivity contribution < 1.29 is 18.0 Å². The van der Waals surface area contributed by atoms with Gasteiger partial charge in [0.1, 0.15) is 6.04 Å². The van der Waals surface area contributed by atoms with Gasteiger partial charge in [-0.25, -0.2) is 8.42 Å². The molecule has 2 rings (SSSR count). The van der Waals surface area contributed by atoms with Crippen LogP contribution in [0.1, 0.15) is 56.7 Å². The van der Waals surface area contributed by atoms with E-state index in [1.165, 1.54) is 10.6 Å². The Morgan fingerprint density at radius 1 is 1.00 bits per heavy atom. The Labute approximate surface area is 216 Å². The predicted molar refractivity (Wildman–Crippen MR) is 147 cm³/mol. The smallest absolute Gasteiger partial charge is 0.242 e. The number of anilines is 1. The van der Waals surface area contributed by atoms with Crippen molar-refractivity contribution in [2.24, 2.45) is 0 Å². The normalized spacial score (nSPS) is 13.1. The highest BCUT2D eigenvalue weighted by Gasteiger charge is 2.27. The van der Waals surface area contributed by atoms with Crippen molar-refractivity contribution in [2.45, 2.75) is 72.4 Å².